The first kappa shape index (κ1) is 23.0. The lowest BCUT2D eigenvalue weighted by Crippen LogP contribution is -3.00. The molecule has 1 aromatic heterocycles. The Balaban J connectivity index is 0.00000320. The highest BCUT2D eigenvalue weighted by Gasteiger charge is 2.11. The normalized spacial score (nSPS) is 10.6. The molecule has 0 saturated heterocycles. The summed E-state index contributed by atoms with van der Waals surface area (Å²) in [5.74, 6) is 0.229. The Hall–Kier alpha value is -3.26. The molecule has 0 N–H and O–H groups in total. The summed E-state index contributed by atoms with van der Waals surface area (Å²) in [5.41, 5.74) is 2.34. The van der Waals surface area contributed by atoms with Gasteiger partial charge in [-0.05, 0) is 43.3 Å². The number of likely N-dealkylation sites (N-methyl/N-ethyl adjacent to an activating group) is 1. The number of esters is 1. The van der Waals surface area contributed by atoms with Crippen LogP contribution in [0.15, 0.2) is 71.2 Å². The molecule has 1 heterocycles. The summed E-state index contributed by atoms with van der Waals surface area (Å²) >= 11 is 0. The Kier molecular flexibility index (Phi) is 8.49. The Bertz CT molecular complexity index is 973. The summed E-state index contributed by atoms with van der Waals surface area (Å²) in [7, 11) is 3.71. The van der Waals surface area contributed by atoms with Crippen molar-refractivity contribution in [2.45, 2.75) is 6.92 Å². The smallest absolute Gasteiger partial charge is 0.435 e. The van der Waals surface area contributed by atoms with Crippen LogP contribution in [0.5, 0.6) is 0 Å². The van der Waals surface area contributed by atoms with Crippen molar-refractivity contribution in [2.75, 3.05) is 24.6 Å². The third kappa shape index (κ3) is 6.12. The van der Waals surface area contributed by atoms with Crippen molar-refractivity contribution in [1.82, 2.24) is 9.78 Å². The minimum absolute atomic E-state index is 0. The number of carbonyl (C=O) groups excluding carboxylic acids is 1. The number of hydrogen-bond acceptors (Lipinski definition) is 6. The van der Waals surface area contributed by atoms with Gasteiger partial charge in [-0.25, -0.2) is 9.36 Å². The summed E-state index contributed by atoms with van der Waals surface area (Å²) in [6, 6.07) is 16.8. The number of nitrogens with zero attached hydrogens (tertiary/aromatic N) is 6. The Labute approximate surface area is 182 Å². The number of aryl methyl sites for hydroxylation is 2. The minimum Gasteiger partial charge on any atom is -1.00 e. The lowest BCUT2D eigenvalue weighted by molar-refractivity contribution is -0.659. The molecule has 8 nitrogen and oxygen atoms in total. The van der Waals surface area contributed by atoms with Gasteiger partial charge < -0.3 is 22.0 Å². The van der Waals surface area contributed by atoms with Crippen LogP contribution in [0.2, 0.25) is 0 Å². The lowest BCUT2D eigenvalue weighted by atomic mass is 10.2. The fraction of sp³-hybridized carbons (Fsp3) is 0.286. The number of hydrogen-bond donors (Lipinski definition) is 0. The van der Waals surface area contributed by atoms with E-state index in [1.807, 2.05) is 62.9 Å². The molecule has 0 spiro atoms. The standard InChI is InChI=1S/C21H25N6O2.ClH/c1-4-27(14-15-29-20(28)17-8-6-5-7-9-17)19-12-10-18(11-13-19)22-23-21-24-26(3)16-25(21)2;/h5-13,16H,4,14-15H2,1-3H3;1H/q+1;/p-1. The number of ether oxygens (including phenoxy) is 1. The van der Waals surface area contributed by atoms with E-state index in [9.17, 15) is 4.79 Å². The second-order valence-electron chi connectivity index (χ2n) is 6.50. The van der Waals surface area contributed by atoms with Gasteiger partial charge in [0.15, 0.2) is 6.33 Å². The number of anilines is 1. The second kappa shape index (κ2) is 11.1. The molecule has 0 amide bonds. The highest BCUT2D eigenvalue weighted by Crippen LogP contribution is 2.21. The first-order valence-corrected chi connectivity index (χ1v) is 9.45. The van der Waals surface area contributed by atoms with E-state index in [0.29, 0.717) is 24.7 Å². The number of halogens is 1. The van der Waals surface area contributed by atoms with Gasteiger partial charge >= 0.3 is 11.9 Å². The maximum Gasteiger partial charge on any atom is 0.435 e. The maximum absolute atomic E-state index is 12.0. The topological polar surface area (TPSA) is 76.0 Å². The molecular weight excluding hydrogens is 404 g/mol. The molecule has 3 aromatic rings. The average Bonchev–Trinajstić information content (AvgIpc) is 3.07. The Morgan fingerprint density at radius 2 is 1.83 bits per heavy atom. The van der Waals surface area contributed by atoms with Crippen molar-refractivity contribution in [1.29, 1.82) is 0 Å². The van der Waals surface area contributed by atoms with E-state index < -0.39 is 0 Å². The van der Waals surface area contributed by atoms with Crippen LogP contribution in [0, 0.1) is 0 Å². The fourth-order valence-electron chi connectivity index (χ4n) is 2.84. The van der Waals surface area contributed by atoms with Crippen LogP contribution in [0.4, 0.5) is 17.3 Å². The van der Waals surface area contributed by atoms with E-state index in [2.05, 4.69) is 27.2 Å². The van der Waals surface area contributed by atoms with Gasteiger partial charge in [-0.2, -0.15) is 0 Å². The molecule has 0 atom stereocenters. The van der Waals surface area contributed by atoms with Gasteiger partial charge in [0.1, 0.15) is 6.61 Å². The third-order valence-electron chi connectivity index (χ3n) is 4.36. The van der Waals surface area contributed by atoms with Gasteiger partial charge in [-0.15, -0.1) is 4.68 Å². The molecule has 0 aliphatic carbocycles. The third-order valence-corrected chi connectivity index (χ3v) is 4.36. The van der Waals surface area contributed by atoms with Crippen molar-refractivity contribution in [2.24, 2.45) is 24.3 Å². The van der Waals surface area contributed by atoms with E-state index in [1.54, 1.807) is 21.4 Å². The average molecular weight is 429 g/mol. The van der Waals surface area contributed by atoms with E-state index >= 15 is 0 Å². The molecule has 0 unspecified atom stereocenters. The second-order valence-corrected chi connectivity index (χ2v) is 6.50. The van der Waals surface area contributed by atoms with Crippen LogP contribution in [-0.2, 0) is 18.8 Å². The molecule has 0 saturated carbocycles. The molecule has 2 aromatic carbocycles. The first-order chi connectivity index (χ1) is 14.1. The molecule has 0 fully saturated rings. The van der Waals surface area contributed by atoms with Crippen LogP contribution in [0.3, 0.4) is 0 Å². The number of rotatable bonds is 8. The molecule has 158 valence electrons. The summed E-state index contributed by atoms with van der Waals surface area (Å²) in [6.45, 7) is 3.79. The summed E-state index contributed by atoms with van der Waals surface area (Å²) in [6.07, 6.45) is 1.82. The molecule has 0 aliphatic rings. The number of aromatic nitrogens is 3. The van der Waals surface area contributed by atoms with E-state index in [4.69, 9.17) is 4.74 Å². The summed E-state index contributed by atoms with van der Waals surface area (Å²) < 4.78 is 8.86. The van der Waals surface area contributed by atoms with Gasteiger partial charge in [0.2, 0.25) is 0 Å². The highest BCUT2D eigenvalue weighted by molar-refractivity contribution is 5.89. The summed E-state index contributed by atoms with van der Waals surface area (Å²) in [4.78, 5) is 14.2. The van der Waals surface area contributed by atoms with Crippen LogP contribution in [0.25, 0.3) is 0 Å². The zero-order valence-electron chi connectivity index (χ0n) is 17.3. The van der Waals surface area contributed by atoms with Crippen LogP contribution >= 0.6 is 0 Å². The Morgan fingerprint density at radius 3 is 2.43 bits per heavy atom. The van der Waals surface area contributed by atoms with E-state index in [1.165, 1.54) is 0 Å². The monoisotopic (exact) mass is 428 g/mol. The van der Waals surface area contributed by atoms with Crippen LogP contribution in [0.1, 0.15) is 17.3 Å². The molecule has 0 aliphatic heterocycles. The minimum atomic E-state index is -0.305. The SMILES string of the molecule is CCN(CCOC(=O)c1ccccc1)c1ccc(N=Nc2nn(C)c[n+]2C)cc1.[Cl-]. The zero-order chi connectivity index (χ0) is 20.6. The van der Waals surface area contributed by atoms with Gasteiger partial charge in [0.25, 0.3) is 0 Å². The van der Waals surface area contributed by atoms with Gasteiger partial charge in [-0.3, -0.25) is 0 Å². The first-order valence-electron chi connectivity index (χ1n) is 9.45. The van der Waals surface area contributed by atoms with Gasteiger partial charge in [0, 0.05) is 22.4 Å². The molecule has 30 heavy (non-hydrogen) atoms. The maximum atomic E-state index is 12.0. The lowest BCUT2D eigenvalue weighted by Gasteiger charge is -2.22. The van der Waals surface area contributed by atoms with Crippen molar-refractivity contribution < 1.29 is 26.5 Å². The highest BCUT2D eigenvalue weighted by atomic mass is 35.5. The van der Waals surface area contributed by atoms with Crippen molar-refractivity contribution in [3.05, 3.63) is 66.5 Å². The number of benzene rings is 2. The molecule has 3 rings (SSSR count). The van der Waals surface area contributed by atoms with Gasteiger partial charge in [-0.1, -0.05) is 23.3 Å². The Morgan fingerprint density at radius 1 is 1.13 bits per heavy atom. The predicted octanol–water partition coefficient (Wildman–Crippen LogP) is 0.347. The van der Waals surface area contributed by atoms with Crippen molar-refractivity contribution >= 4 is 23.3 Å². The number of carbonyl (C=O) groups is 1. The predicted molar refractivity (Wildman–Crippen MR) is 110 cm³/mol. The zero-order valence-corrected chi connectivity index (χ0v) is 18.0. The van der Waals surface area contributed by atoms with Gasteiger partial charge in [0.05, 0.1) is 31.9 Å². The summed E-state index contributed by atoms with van der Waals surface area (Å²) in [5, 5.41) is 12.6. The molecular formula is C21H25ClN6O2. The largest absolute Gasteiger partial charge is 1.00 e. The van der Waals surface area contributed by atoms with Crippen molar-refractivity contribution in [3.63, 3.8) is 0 Å². The fourth-order valence-corrected chi connectivity index (χ4v) is 2.84. The molecule has 9 heteroatoms. The van der Waals surface area contributed by atoms with Crippen LogP contribution in [-0.4, -0.2) is 35.4 Å². The van der Waals surface area contributed by atoms with E-state index in [0.717, 1.165) is 17.9 Å². The molecule has 0 radical (unpaired) electrons. The van der Waals surface area contributed by atoms with Crippen molar-refractivity contribution in [3.8, 4) is 0 Å². The molecule has 0 bridgehead atoms. The van der Waals surface area contributed by atoms with E-state index in [-0.39, 0.29) is 18.4 Å². The quantitative estimate of drug-likeness (QED) is 0.295. The number of azo groups is 1. The van der Waals surface area contributed by atoms with Crippen LogP contribution < -0.4 is 21.9 Å².